The molecule has 0 bridgehead atoms. The third-order valence-corrected chi connectivity index (χ3v) is 4.08. The molecule has 1 N–H and O–H groups in total. The quantitative estimate of drug-likeness (QED) is 0.651. The largest absolute Gasteiger partial charge is 0.418 e. The molecule has 0 radical (unpaired) electrons. The molecule has 2 heterocycles. The Kier molecular flexibility index (Phi) is 5.72. The van der Waals surface area contributed by atoms with E-state index in [2.05, 4.69) is 15.3 Å². The van der Waals surface area contributed by atoms with Gasteiger partial charge in [-0.05, 0) is 23.3 Å². The Hall–Kier alpha value is -3.23. The fourth-order valence-electron chi connectivity index (χ4n) is 2.75. The fraction of sp³-hybridized carbons (Fsp3) is 0.211. The van der Waals surface area contributed by atoms with Crippen LogP contribution < -0.4 is 5.32 Å². The van der Waals surface area contributed by atoms with Gasteiger partial charge in [-0.15, -0.1) is 0 Å². The van der Waals surface area contributed by atoms with Crippen molar-refractivity contribution >= 4 is 5.91 Å². The average Bonchev–Trinajstić information content (AvgIpc) is 3.18. The molecular weight excluding hydrogens is 376 g/mol. The summed E-state index contributed by atoms with van der Waals surface area (Å²) in [7, 11) is 0. The van der Waals surface area contributed by atoms with Gasteiger partial charge in [-0.1, -0.05) is 24.3 Å². The van der Waals surface area contributed by atoms with Gasteiger partial charge in [-0.3, -0.25) is 9.78 Å². The minimum Gasteiger partial charge on any atom is -0.342 e. The highest BCUT2D eigenvalue weighted by atomic mass is 19.4. The number of nitrogens with one attached hydrogen (secondary N) is 1. The molecule has 0 saturated carbocycles. The van der Waals surface area contributed by atoms with Gasteiger partial charge in [0.2, 0.25) is 5.91 Å². The maximum absolute atomic E-state index is 13.5. The summed E-state index contributed by atoms with van der Waals surface area (Å²) in [6, 6.07) is 6.82. The zero-order valence-electron chi connectivity index (χ0n) is 14.5. The van der Waals surface area contributed by atoms with Gasteiger partial charge < -0.3 is 9.88 Å². The Labute approximate surface area is 158 Å². The Morgan fingerprint density at radius 1 is 1.14 bits per heavy atom. The predicted molar refractivity (Wildman–Crippen MR) is 92.7 cm³/mol. The monoisotopic (exact) mass is 392 g/mol. The molecule has 0 saturated heterocycles. The van der Waals surface area contributed by atoms with Crippen LogP contribution in [0.4, 0.5) is 17.6 Å². The Bertz CT molecular complexity index is 924. The molecule has 9 heteroatoms. The number of halogens is 4. The molecule has 0 unspecified atom stereocenters. The lowest BCUT2D eigenvalue weighted by molar-refractivity contribution is -0.139. The Morgan fingerprint density at radius 2 is 1.89 bits per heavy atom. The van der Waals surface area contributed by atoms with E-state index >= 15 is 0 Å². The molecule has 0 aliphatic rings. The molecule has 1 amide bonds. The number of amides is 1. The number of imidazole rings is 1. The summed E-state index contributed by atoms with van der Waals surface area (Å²) >= 11 is 0. The van der Waals surface area contributed by atoms with Crippen molar-refractivity contribution in [3.63, 3.8) is 0 Å². The van der Waals surface area contributed by atoms with Crippen LogP contribution in [0.2, 0.25) is 0 Å². The van der Waals surface area contributed by atoms with Crippen LogP contribution in [-0.2, 0) is 24.2 Å². The average molecular weight is 392 g/mol. The van der Waals surface area contributed by atoms with E-state index in [4.69, 9.17) is 0 Å². The van der Waals surface area contributed by atoms with Crippen molar-refractivity contribution in [2.75, 3.05) is 0 Å². The molecule has 1 aromatic carbocycles. The maximum Gasteiger partial charge on any atom is 0.418 e. The number of hydrogen-bond donors (Lipinski definition) is 1. The van der Waals surface area contributed by atoms with E-state index in [1.807, 2.05) is 0 Å². The number of carbonyl (C=O) groups excluding carboxylic acids is 1. The second-order valence-electron chi connectivity index (χ2n) is 6.04. The van der Waals surface area contributed by atoms with Crippen molar-refractivity contribution in [3.8, 4) is 0 Å². The number of benzene rings is 1. The van der Waals surface area contributed by atoms with E-state index in [9.17, 15) is 22.4 Å². The predicted octanol–water partition coefficient (Wildman–Crippen LogP) is 3.67. The van der Waals surface area contributed by atoms with E-state index in [0.717, 1.165) is 6.07 Å². The van der Waals surface area contributed by atoms with Crippen LogP contribution in [0.25, 0.3) is 0 Å². The van der Waals surface area contributed by atoms with Gasteiger partial charge >= 0.3 is 6.18 Å². The van der Waals surface area contributed by atoms with Crippen molar-refractivity contribution in [2.45, 2.75) is 25.4 Å². The third kappa shape index (κ3) is 4.54. The van der Waals surface area contributed by atoms with Crippen molar-refractivity contribution in [1.82, 2.24) is 19.9 Å². The van der Waals surface area contributed by atoms with Gasteiger partial charge in [0.15, 0.2) is 0 Å². The maximum atomic E-state index is 13.5. The summed E-state index contributed by atoms with van der Waals surface area (Å²) < 4.78 is 54.7. The second kappa shape index (κ2) is 8.20. The highest BCUT2D eigenvalue weighted by Crippen LogP contribution is 2.35. The van der Waals surface area contributed by atoms with Crippen molar-refractivity contribution in [3.05, 3.63) is 83.7 Å². The fourth-order valence-corrected chi connectivity index (χ4v) is 2.75. The van der Waals surface area contributed by atoms with Crippen LogP contribution >= 0.6 is 0 Å². The van der Waals surface area contributed by atoms with Gasteiger partial charge in [0, 0.05) is 18.6 Å². The minimum absolute atomic E-state index is 0.118. The minimum atomic E-state index is -4.64. The van der Waals surface area contributed by atoms with Crippen LogP contribution in [0.15, 0.2) is 61.3 Å². The topological polar surface area (TPSA) is 59.8 Å². The standard InChI is InChI=1S/C19H16F4N4O/c20-10-13-3-5-14(6-4-13)17(26-16(28)11-27-9-8-24-12-27)18-15(19(21,22)23)2-1-7-25-18/h1-9,12,17H,10-11H2,(H,26,28)/t17-/m0/s1. The SMILES string of the molecule is O=C(Cn1ccnc1)N[C@@H](c1ccc(CF)cc1)c1ncccc1C(F)(F)F. The highest BCUT2D eigenvalue weighted by Gasteiger charge is 2.36. The van der Waals surface area contributed by atoms with E-state index in [0.29, 0.717) is 11.1 Å². The molecule has 0 aliphatic carbocycles. The first-order valence-electron chi connectivity index (χ1n) is 8.30. The van der Waals surface area contributed by atoms with E-state index in [1.165, 1.54) is 53.6 Å². The molecule has 3 aromatic rings. The first-order chi connectivity index (χ1) is 13.4. The van der Waals surface area contributed by atoms with Gasteiger partial charge in [0.05, 0.1) is 23.6 Å². The lowest BCUT2D eigenvalue weighted by Crippen LogP contribution is -2.33. The smallest absolute Gasteiger partial charge is 0.342 e. The Balaban J connectivity index is 1.98. The Morgan fingerprint density at radius 3 is 2.50 bits per heavy atom. The molecule has 0 aliphatic heterocycles. The first-order valence-corrected chi connectivity index (χ1v) is 8.30. The molecular formula is C19H16F4N4O. The molecule has 5 nitrogen and oxygen atoms in total. The number of pyridine rings is 1. The van der Waals surface area contributed by atoms with Gasteiger partial charge in [-0.2, -0.15) is 13.2 Å². The summed E-state index contributed by atoms with van der Waals surface area (Å²) in [6.07, 6.45) is 1.06. The lowest BCUT2D eigenvalue weighted by atomic mass is 9.98. The van der Waals surface area contributed by atoms with E-state index in [-0.39, 0.29) is 12.2 Å². The summed E-state index contributed by atoms with van der Waals surface area (Å²) in [5.41, 5.74) is -0.538. The normalized spacial score (nSPS) is 12.6. The van der Waals surface area contributed by atoms with Crippen LogP contribution in [0.5, 0.6) is 0 Å². The van der Waals surface area contributed by atoms with E-state index in [1.54, 1.807) is 6.20 Å². The lowest BCUT2D eigenvalue weighted by Gasteiger charge is -2.22. The number of hydrogen-bond acceptors (Lipinski definition) is 3. The highest BCUT2D eigenvalue weighted by molar-refractivity contribution is 5.76. The molecule has 1 atom stereocenters. The summed E-state index contributed by atoms with van der Waals surface area (Å²) in [6.45, 7) is -0.817. The van der Waals surface area contributed by atoms with Crippen LogP contribution in [0, 0.1) is 0 Å². The number of nitrogens with zero attached hydrogens (tertiary/aromatic N) is 3. The second-order valence-corrected chi connectivity index (χ2v) is 6.04. The summed E-state index contributed by atoms with van der Waals surface area (Å²) in [5.74, 6) is -0.517. The van der Waals surface area contributed by atoms with Crippen molar-refractivity contribution in [2.24, 2.45) is 0 Å². The molecule has 2 aromatic heterocycles. The number of carbonyl (C=O) groups is 1. The summed E-state index contributed by atoms with van der Waals surface area (Å²) in [5, 5.41) is 2.59. The van der Waals surface area contributed by atoms with Crippen LogP contribution in [0.3, 0.4) is 0 Å². The molecule has 28 heavy (non-hydrogen) atoms. The zero-order valence-corrected chi connectivity index (χ0v) is 14.5. The van der Waals surface area contributed by atoms with Gasteiger partial charge in [0.1, 0.15) is 13.2 Å². The molecule has 146 valence electrons. The van der Waals surface area contributed by atoms with Gasteiger partial charge in [-0.25, -0.2) is 9.37 Å². The zero-order chi connectivity index (χ0) is 20.1. The molecule has 3 rings (SSSR count). The van der Waals surface area contributed by atoms with Gasteiger partial charge in [0.25, 0.3) is 0 Å². The first kappa shape index (κ1) is 19.5. The number of aromatic nitrogens is 3. The third-order valence-electron chi connectivity index (χ3n) is 4.08. The van der Waals surface area contributed by atoms with Crippen molar-refractivity contribution < 1.29 is 22.4 Å². The van der Waals surface area contributed by atoms with E-state index < -0.39 is 30.4 Å². The summed E-state index contributed by atoms with van der Waals surface area (Å²) in [4.78, 5) is 20.1. The number of rotatable bonds is 6. The van der Waals surface area contributed by atoms with Crippen molar-refractivity contribution in [1.29, 1.82) is 0 Å². The molecule has 0 spiro atoms. The van der Waals surface area contributed by atoms with Crippen LogP contribution in [0.1, 0.15) is 28.4 Å². The molecule has 0 fully saturated rings. The van der Waals surface area contributed by atoms with Crippen LogP contribution in [-0.4, -0.2) is 20.4 Å². The number of alkyl halides is 4.